The molecule has 16 heavy (non-hydrogen) atoms. The van der Waals surface area contributed by atoms with Gasteiger partial charge in [-0.2, -0.15) is 0 Å². The predicted molar refractivity (Wildman–Crippen MR) is 66.4 cm³/mol. The molecule has 0 fully saturated rings. The summed E-state index contributed by atoms with van der Waals surface area (Å²) in [5.74, 6) is 1.55. The van der Waals surface area contributed by atoms with E-state index in [1.165, 1.54) is 0 Å². The molecule has 0 aromatic heterocycles. The minimum Gasteiger partial charge on any atom is -0.497 e. The van der Waals surface area contributed by atoms with Crippen molar-refractivity contribution in [2.45, 2.75) is 13.5 Å². The summed E-state index contributed by atoms with van der Waals surface area (Å²) in [6, 6.07) is 5.89. The Morgan fingerprint density at radius 2 is 2.19 bits per heavy atom. The van der Waals surface area contributed by atoms with E-state index in [1.54, 1.807) is 7.11 Å². The highest BCUT2D eigenvalue weighted by Crippen LogP contribution is 2.23. The van der Waals surface area contributed by atoms with Crippen molar-refractivity contribution in [2.24, 2.45) is 0 Å². The van der Waals surface area contributed by atoms with E-state index in [1.807, 2.05) is 32.2 Å². The van der Waals surface area contributed by atoms with Crippen molar-refractivity contribution in [3.05, 3.63) is 35.9 Å². The van der Waals surface area contributed by atoms with Gasteiger partial charge >= 0.3 is 0 Å². The van der Waals surface area contributed by atoms with Gasteiger partial charge in [-0.15, -0.1) is 0 Å². The van der Waals surface area contributed by atoms with Gasteiger partial charge in [-0.05, 0) is 37.7 Å². The highest BCUT2D eigenvalue weighted by molar-refractivity contribution is 5.62. The number of methoxy groups -OCH3 is 1. The zero-order valence-electron chi connectivity index (χ0n) is 10.2. The fourth-order valence-electron chi connectivity index (χ4n) is 1.56. The first-order valence-corrected chi connectivity index (χ1v) is 5.36. The Labute approximate surface area is 97.1 Å². The van der Waals surface area contributed by atoms with Crippen LogP contribution in [0.1, 0.15) is 18.1 Å². The standard InChI is InChI=1S/C13H19NO2/c1-5-16-10(2)13-7-6-12(15-4)8-11(13)9-14-3/h6-8,14H,2,5,9H2,1,3-4H3. The second-order valence-corrected chi connectivity index (χ2v) is 3.41. The maximum atomic E-state index is 5.43. The van der Waals surface area contributed by atoms with Crippen molar-refractivity contribution in [3.63, 3.8) is 0 Å². The monoisotopic (exact) mass is 221 g/mol. The lowest BCUT2D eigenvalue weighted by molar-refractivity contribution is 0.298. The second-order valence-electron chi connectivity index (χ2n) is 3.41. The molecular formula is C13H19NO2. The molecule has 0 bridgehead atoms. The molecule has 0 aliphatic carbocycles. The van der Waals surface area contributed by atoms with E-state index in [0.717, 1.165) is 23.4 Å². The average Bonchev–Trinajstić information content (AvgIpc) is 2.29. The van der Waals surface area contributed by atoms with Crippen molar-refractivity contribution < 1.29 is 9.47 Å². The number of hydrogen-bond acceptors (Lipinski definition) is 3. The van der Waals surface area contributed by atoms with Crippen LogP contribution in [0.5, 0.6) is 5.75 Å². The fraction of sp³-hybridized carbons (Fsp3) is 0.385. The van der Waals surface area contributed by atoms with Gasteiger partial charge in [-0.25, -0.2) is 0 Å². The van der Waals surface area contributed by atoms with E-state index < -0.39 is 0 Å². The molecule has 3 heteroatoms. The van der Waals surface area contributed by atoms with Crippen LogP contribution in [0.2, 0.25) is 0 Å². The van der Waals surface area contributed by atoms with Crippen LogP contribution in [0.15, 0.2) is 24.8 Å². The molecule has 0 spiro atoms. The summed E-state index contributed by atoms with van der Waals surface area (Å²) in [5, 5.41) is 3.12. The predicted octanol–water partition coefficient (Wildman–Crippen LogP) is 2.42. The summed E-state index contributed by atoms with van der Waals surface area (Å²) in [6.45, 7) is 7.26. The Morgan fingerprint density at radius 3 is 2.75 bits per heavy atom. The van der Waals surface area contributed by atoms with E-state index >= 15 is 0 Å². The summed E-state index contributed by atoms with van der Waals surface area (Å²) in [4.78, 5) is 0. The molecular weight excluding hydrogens is 202 g/mol. The van der Waals surface area contributed by atoms with Gasteiger partial charge in [0.1, 0.15) is 11.5 Å². The molecule has 0 saturated heterocycles. The Hall–Kier alpha value is -1.48. The van der Waals surface area contributed by atoms with Crippen molar-refractivity contribution in [1.82, 2.24) is 5.32 Å². The first kappa shape index (κ1) is 12.6. The van der Waals surface area contributed by atoms with Crippen LogP contribution in [0.3, 0.4) is 0 Å². The van der Waals surface area contributed by atoms with Gasteiger partial charge in [0.2, 0.25) is 0 Å². The van der Waals surface area contributed by atoms with Gasteiger partial charge in [0, 0.05) is 12.1 Å². The number of ether oxygens (including phenoxy) is 2. The number of nitrogens with one attached hydrogen (secondary N) is 1. The lowest BCUT2D eigenvalue weighted by Crippen LogP contribution is -2.08. The molecule has 1 rings (SSSR count). The van der Waals surface area contributed by atoms with Gasteiger partial charge in [0.05, 0.1) is 13.7 Å². The molecule has 0 radical (unpaired) electrons. The zero-order valence-corrected chi connectivity index (χ0v) is 10.2. The molecule has 1 aromatic carbocycles. The number of benzene rings is 1. The Kier molecular flexibility index (Phi) is 4.86. The van der Waals surface area contributed by atoms with Gasteiger partial charge in [0.25, 0.3) is 0 Å². The van der Waals surface area contributed by atoms with Gasteiger partial charge in [-0.1, -0.05) is 6.58 Å². The molecule has 0 aliphatic rings. The van der Waals surface area contributed by atoms with Crippen molar-refractivity contribution in [2.75, 3.05) is 20.8 Å². The van der Waals surface area contributed by atoms with E-state index in [9.17, 15) is 0 Å². The molecule has 0 saturated carbocycles. The van der Waals surface area contributed by atoms with E-state index in [0.29, 0.717) is 12.4 Å². The number of hydrogen-bond donors (Lipinski definition) is 1. The van der Waals surface area contributed by atoms with Crippen LogP contribution in [-0.2, 0) is 11.3 Å². The van der Waals surface area contributed by atoms with E-state index in [2.05, 4.69) is 11.9 Å². The number of rotatable bonds is 6. The lowest BCUT2D eigenvalue weighted by atomic mass is 10.1. The van der Waals surface area contributed by atoms with Crippen molar-refractivity contribution in [3.8, 4) is 5.75 Å². The third-order valence-electron chi connectivity index (χ3n) is 2.30. The smallest absolute Gasteiger partial charge is 0.119 e. The molecule has 0 amide bonds. The van der Waals surface area contributed by atoms with Crippen LogP contribution >= 0.6 is 0 Å². The Morgan fingerprint density at radius 1 is 1.44 bits per heavy atom. The normalized spacial score (nSPS) is 9.94. The maximum absolute atomic E-state index is 5.43. The van der Waals surface area contributed by atoms with Crippen LogP contribution in [0.25, 0.3) is 5.76 Å². The van der Waals surface area contributed by atoms with Gasteiger partial charge in [-0.3, -0.25) is 0 Å². The zero-order chi connectivity index (χ0) is 12.0. The summed E-state index contributed by atoms with van der Waals surface area (Å²) in [6.07, 6.45) is 0. The first-order chi connectivity index (χ1) is 7.72. The van der Waals surface area contributed by atoms with E-state index in [4.69, 9.17) is 9.47 Å². The first-order valence-electron chi connectivity index (χ1n) is 5.36. The minimum atomic E-state index is 0.629. The van der Waals surface area contributed by atoms with Gasteiger partial charge < -0.3 is 14.8 Å². The molecule has 0 heterocycles. The molecule has 3 nitrogen and oxygen atoms in total. The average molecular weight is 221 g/mol. The molecule has 0 unspecified atom stereocenters. The maximum Gasteiger partial charge on any atom is 0.119 e. The van der Waals surface area contributed by atoms with Crippen LogP contribution in [-0.4, -0.2) is 20.8 Å². The highest BCUT2D eigenvalue weighted by atomic mass is 16.5. The minimum absolute atomic E-state index is 0.629. The molecule has 0 aliphatic heterocycles. The molecule has 0 atom stereocenters. The van der Waals surface area contributed by atoms with Gasteiger partial charge in [0.15, 0.2) is 0 Å². The summed E-state index contributed by atoms with van der Waals surface area (Å²) in [5.41, 5.74) is 2.15. The molecule has 1 N–H and O–H groups in total. The van der Waals surface area contributed by atoms with Crippen LogP contribution < -0.4 is 10.1 Å². The van der Waals surface area contributed by atoms with Crippen LogP contribution in [0.4, 0.5) is 0 Å². The lowest BCUT2D eigenvalue weighted by Gasteiger charge is -2.13. The Bertz CT molecular complexity index is 361. The SMILES string of the molecule is C=C(OCC)c1ccc(OC)cc1CNC. The van der Waals surface area contributed by atoms with Crippen molar-refractivity contribution in [1.29, 1.82) is 0 Å². The largest absolute Gasteiger partial charge is 0.497 e. The summed E-state index contributed by atoms with van der Waals surface area (Å²) < 4.78 is 10.6. The third-order valence-corrected chi connectivity index (χ3v) is 2.30. The van der Waals surface area contributed by atoms with Crippen molar-refractivity contribution >= 4 is 5.76 Å². The second kappa shape index (κ2) is 6.18. The molecule has 1 aromatic rings. The summed E-state index contributed by atoms with van der Waals surface area (Å²) >= 11 is 0. The third kappa shape index (κ3) is 3.00. The highest BCUT2D eigenvalue weighted by Gasteiger charge is 2.07. The van der Waals surface area contributed by atoms with E-state index in [-0.39, 0.29) is 0 Å². The quantitative estimate of drug-likeness (QED) is 0.748. The summed E-state index contributed by atoms with van der Waals surface area (Å²) in [7, 11) is 3.57. The topological polar surface area (TPSA) is 30.5 Å². The van der Waals surface area contributed by atoms with Crippen LogP contribution in [0, 0.1) is 0 Å². The molecule has 88 valence electrons. The fourth-order valence-corrected chi connectivity index (χ4v) is 1.56. The Balaban J connectivity index is 3.01.